The summed E-state index contributed by atoms with van der Waals surface area (Å²) in [5.74, 6) is -0.223. The molecule has 0 aliphatic carbocycles. The van der Waals surface area contributed by atoms with Crippen LogP contribution in [0.2, 0.25) is 0 Å². The van der Waals surface area contributed by atoms with Gasteiger partial charge in [-0.25, -0.2) is 0 Å². The van der Waals surface area contributed by atoms with Gasteiger partial charge in [0.15, 0.2) is 0 Å². The molecule has 0 aromatic heterocycles. The van der Waals surface area contributed by atoms with E-state index in [2.05, 4.69) is 10.6 Å². The number of halogens is 1. The molecule has 0 saturated carbocycles. The van der Waals surface area contributed by atoms with E-state index in [1.54, 1.807) is 6.92 Å². The van der Waals surface area contributed by atoms with E-state index >= 15 is 0 Å². The molecule has 1 aromatic rings. The zero-order valence-corrected chi connectivity index (χ0v) is 14.7. The average Bonchev–Trinajstić information content (AvgIpc) is 2.55. The van der Waals surface area contributed by atoms with Gasteiger partial charge in [-0.15, -0.1) is 12.4 Å². The van der Waals surface area contributed by atoms with Gasteiger partial charge in [-0.1, -0.05) is 12.1 Å². The summed E-state index contributed by atoms with van der Waals surface area (Å²) in [6, 6.07) is 7.60. The van der Waals surface area contributed by atoms with Crippen LogP contribution in [0.25, 0.3) is 0 Å². The van der Waals surface area contributed by atoms with Gasteiger partial charge in [0, 0.05) is 31.1 Å². The van der Waals surface area contributed by atoms with Crippen molar-refractivity contribution < 1.29 is 19.1 Å². The first-order valence-electron chi connectivity index (χ1n) is 8.03. The van der Waals surface area contributed by atoms with Crippen LogP contribution in [0.5, 0.6) is 0 Å². The fourth-order valence-electron chi connectivity index (χ4n) is 2.42. The number of rotatable bonds is 7. The molecular weight excluding hydrogens is 332 g/mol. The topological polar surface area (TPSA) is 76.7 Å². The van der Waals surface area contributed by atoms with Gasteiger partial charge in [-0.3, -0.25) is 9.59 Å². The van der Waals surface area contributed by atoms with Crippen molar-refractivity contribution in [3.63, 3.8) is 0 Å². The summed E-state index contributed by atoms with van der Waals surface area (Å²) in [5.41, 5.74) is 1.80. The molecule has 7 heteroatoms. The molecule has 1 fully saturated rings. The predicted octanol–water partition coefficient (Wildman–Crippen LogP) is 1.92. The Hall–Kier alpha value is -1.63. The smallest absolute Gasteiger partial charge is 0.306 e. The lowest BCUT2D eigenvalue weighted by Gasteiger charge is -2.23. The lowest BCUT2D eigenvalue weighted by molar-refractivity contribution is -0.143. The van der Waals surface area contributed by atoms with Crippen molar-refractivity contribution in [3.8, 4) is 0 Å². The van der Waals surface area contributed by atoms with E-state index in [9.17, 15) is 9.59 Å². The molecule has 1 unspecified atom stereocenters. The fraction of sp³-hybridized carbons (Fsp3) is 0.529. The molecule has 1 saturated heterocycles. The molecule has 6 nitrogen and oxygen atoms in total. The highest BCUT2D eigenvalue weighted by molar-refractivity contribution is 5.91. The number of morpholine rings is 1. The summed E-state index contributed by atoms with van der Waals surface area (Å²) in [5, 5.41) is 6.13. The largest absolute Gasteiger partial charge is 0.466 e. The van der Waals surface area contributed by atoms with Crippen LogP contribution >= 0.6 is 12.4 Å². The van der Waals surface area contributed by atoms with Crippen molar-refractivity contribution in [2.45, 2.75) is 32.2 Å². The second kappa shape index (κ2) is 11.0. The molecule has 134 valence electrons. The molecule has 24 heavy (non-hydrogen) atoms. The van der Waals surface area contributed by atoms with Gasteiger partial charge in [0.1, 0.15) is 0 Å². The summed E-state index contributed by atoms with van der Waals surface area (Å²) in [7, 11) is 0. The molecule has 1 heterocycles. The zero-order valence-electron chi connectivity index (χ0n) is 13.9. The third-order valence-corrected chi connectivity index (χ3v) is 3.59. The monoisotopic (exact) mass is 356 g/mol. The van der Waals surface area contributed by atoms with Crippen molar-refractivity contribution in [1.29, 1.82) is 0 Å². The standard InChI is InChI=1S/C17H24N2O4.ClH/c1-2-23-17(21)8-5-13-3-6-14(7-4-13)19-16(20)11-15-12-22-10-9-18-15;/h3-4,6-7,15,18H,2,5,8-12H2,1H3,(H,19,20);1H. The lowest BCUT2D eigenvalue weighted by Crippen LogP contribution is -2.43. The van der Waals surface area contributed by atoms with Gasteiger partial charge in [0.2, 0.25) is 5.91 Å². The van der Waals surface area contributed by atoms with E-state index in [0.717, 1.165) is 17.8 Å². The minimum Gasteiger partial charge on any atom is -0.466 e. The van der Waals surface area contributed by atoms with Crippen molar-refractivity contribution in [2.24, 2.45) is 0 Å². The van der Waals surface area contributed by atoms with Gasteiger partial charge in [-0.05, 0) is 31.0 Å². The molecular formula is C17H25ClN2O4. The van der Waals surface area contributed by atoms with Crippen LogP contribution in [0.3, 0.4) is 0 Å². The number of hydrogen-bond acceptors (Lipinski definition) is 5. The Kier molecular flexibility index (Phi) is 9.37. The van der Waals surface area contributed by atoms with E-state index in [0.29, 0.717) is 39.1 Å². The molecule has 1 aliphatic rings. The van der Waals surface area contributed by atoms with Crippen molar-refractivity contribution in [1.82, 2.24) is 5.32 Å². The van der Waals surface area contributed by atoms with Gasteiger partial charge in [0.05, 0.1) is 19.8 Å². The molecule has 1 amide bonds. The molecule has 0 spiro atoms. The van der Waals surface area contributed by atoms with Crippen molar-refractivity contribution >= 4 is 30.0 Å². The first-order chi connectivity index (χ1) is 11.2. The molecule has 1 aliphatic heterocycles. The number of aryl methyl sites for hydroxylation is 1. The van der Waals surface area contributed by atoms with Crippen LogP contribution in [-0.2, 0) is 25.5 Å². The van der Waals surface area contributed by atoms with Gasteiger partial charge in [0.25, 0.3) is 0 Å². The molecule has 1 atom stereocenters. The van der Waals surface area contributed by atoms with Crippen molar-refractivity contribution in [3.05, 3.63) is 29.8 Å². The molecule has 0 bridgehead atoms. The minimum atomic E-state index is -0.188. The van der Waals surface area contributed by atoms with Gasteiger partial charge >= 0.3 is 5.97 Å². The Morgan fingerprint density at radius 1 is 1.33 bits per heavy atom. The van der Waals surface area contributed by atoms with E-state index in [4.69, 9.17) is 9.47 Å². The number of hydrogen-bond donors (Lipinski definition) is 2. The Labute approximate surface area is 148 Å². The Morgan fingerprint density at radius 3 is 2.71 bits per heavy atom. The molecule has 0 radical (unpaired) electrons. The second-order valence-corrected chi connectivity index (χ2v) is 5.48. The highest BCUT2D eigenvalue weighted by Crippen LogP contribution is 2.12. The number of nitrogens with one attached hydrogen (secondary N) is 2. The van der Waals surface area contributed by atoms with Crippen LogP contribution in [0.1, 0.15) is 25.3 Å². The number of benzene rings is 1. The summed E-state index contributed by atoms with van der Waals surface area (Å²) in [4.78, 5) is 23.3. The number of carbonyl (C=O) groups is 2. The maximum atomic E-state index is 12.0. The van der Waals surface area contributed by atoms with Crippen LogP contribution in [0, 0.1) is 0 Å². The summed E-state index contributed by atoms with van der Waals surface area (Å²) in [6.07, 6.45) is 1.40. The van der Waals surface area contributed by atoms with Gasteiger partial charge < -0.3 is 20.1 Å². The maximum Gasteiger partial charge on any atom is 0.306 e. The van der Waals surface area contributed by atoms with E-state index < -0.39 is 0 Å². The van der Waals surface area contributed by atoms with Crippen LogP contribution in [-0.4, -0.2) is 44.3 Å². The predicted molar refractivity (Wildman–Crippen MR) is 94.5 cm³/mol. The molecule has 2 rings (SSSR count). The summed E-state index contributed by atoms with van der Waals surface area (Å²) < 4.78 is 10.2. The number of ether oxygens (including phenoxy) is 2. The Bertz CT molecular complexity index is 516. The van der Waals surface area contributed by atoms with Crippen LogP contribution in [0.4, 0.5) is 5.69 Å². The quantitative estimate of drug-likeness (QED) is 0.730. The second-order valence-electron chi connectivity index (χ2n) is 5.48. The number of carbonyl (C=O) groups excluding carboxylic acids is 2. The average molecular weight is 357 g/mol. The summed E-state index contributed by atoms with van der Waals surface area (Å²) in [6.45, 7) is 4.26. The normalized spacial score (nSPS) is 16.8. The highest BCUT2D eigenvalue weighted by atomic mass is 35.5. The molecule has 2 N–H and O–H groups in total. The fourth-order valence-corrected chi connectivity index (χ4v) is 2.42. The highest BCUT2D eigenvalue weighted by Gasteiger charge is 2.16. The number of amides is 1. The molecule has 1 aromatic carbocycles. The van der Waals surface area contributed by atoms with Gasteiger partial charge in [-0.2, -0.15) is 0 Å². The van der Waals surface area contributed by atoms with E-state index in [1.807, 2.05) is 24.3 Å². The Morgan fingerprint density at radius 2 is 2.08 bits per heavy atom. The number of esters is 1. The lowest BCUT2D eigenvalue weighted by atomic mass is 10.1. The minimum absolute atomic E-state index is 0. The summed E-state index contributed by atoms with van der Waals surface area (Å²) >= 11 is 0. The maximum absolute atomic E-state index is 12.0. The first-order valence-corrected chi connectivity index (χ1v) is 8.03. The third kappa shape index (κ3) is 7.29. The van der Waals surface area contributed by atoms with Crippen LogP contribution < -0.4 is 10.6 Å². The van der Waals surface area contributed by atoms with E-state index in [-0.39, 0.29) is 30.3 Å². The Balaban J connectivity index is 0.00000288. The SMILES string of the molecule is CCOC(=O)CCc1ccc(NC(=O)CC2COCCN2)cc1.Cl. The third-order valence-electron chi connectivity index (χ3n) is 3.59. The first kappa shape index (κ1) is 20.4. The van der Waals surface area contributed by atoms with Crippen LogP contribution in [0.15, 0.2) is 24.3 Å². The van der Waals surface area contributed by atoms with E-state index in [1.165, 1.54) is 0 Å². The zero-order chi connectivity index (χ0) is 16.5. The van der Waals surface area contributed by atoms with Crippen molar-refractivity contribution in [2.75, 3.05) is 31.7 Å². The number of anilines is 1.